The number of hydrogen-bond acceptors (Lipinski definition) is 2. The smallest absolute Gasteiger partial charge is 0.128 e. The van der Waals surface area contributed by atoms with Crippen LogP contribution in [0.25, 0.3) is 0 Å². The summed E-state index contributed by atoms with van der Waals surface area (Å²) < 4.78 is 14.8. The van der Waals surface area contributed by atoms with Crippen LogP contribution < -0.4 is 10.2 Å². The quantitative estimate of drug-likeness (QED) is 0.889. The Morgan fingerprint density at radius 2 is 1.90 bits per heavy atom. The van der Waals surface area contributed by atoms with Gasteiger partial charge in [0.1, 0.15) is 5.82 Å². The van der Waals surface area contributed by atoms with Crippen molar-refractivity contribution < 1.29 is 4.39 Å². The lowest BCUT2D eigenvalue weighted by Crippen LogP contribution is -2.20. The highest BCUT2D eigenvalue weighted by Gasteiger charge is 2.10. The molecule has 0 atom stereocenters. The molecule has 0 radical (unpaired) electrons. The summed E-state index contributed by atoms with van der Waals surface area (Å²) in [6.07, 6.45) is 0. The molecule has 1 N–H and O–H groups in total. The van der Waals surface area contributed by atoms with Crippen LogP contribution in [0.1, 0.15) is 11.1 Å². The Morgan fingerprint density at radius 3 is 2.60 bits per heavy atom. The maximum atomic E-state index is 13.7. The topological polar surface area (TPSA) is 15.3 Å². The second-order valence-corrected chi connectivity index (χ2v) is 5.67. The molecule has 0 aliphatic rings. The summed E-state index contributed by atoms with van der Waals surface area (Å²) in [6, 6.07) is 13.1. The number of halogens is 2. The summed E-state index contributed by atoms with van der Waals surface area (Å²) in [7, 11) is 3.90. The monoisotopic (exact) mass is 336 g/mol. The highest BCUT2D eigenvalue weighted by molar-refractivity contribution is 9.10. The van der Waals surface area contributed by atoms with E-state index in [0.29, 0.717) is 12.1 Å². The van der Waals surface area contributed by atoms with Crippen molar-refractivity contribution >= 4 is 21.6 Å². The molecule has 0 heterocycles. The van der Waals surface area contributed by atoms with Gasteiger partial charge in [-0.15, -0.1) is 0 Å². The van der Waals surface area contributed by atoms with Crippen LogP contribution in [-0.2, 0) is 13.1 Å². The minimum atomic E-state index is -0.162. The zero-order chi connectivity index (χ0) is 14.5. The van der Waals surface area contributed by atoms with Crippen molar-refractivity contribution in [1.29, 1.82) is 0 Å². The Morgan fingerprint density at radius 1 is 1.15 bits per heavy atom. The summed E-state index contributed by atoms with van der Waals surface area (Å²) in [5, 5.41) is 3.16. The van der Waals surface area contributed by atoms with E-state index in [0.717, 1.165) is 16.7 Å². The minimum Gasteiger partial charge on any atom is -0.370 e. The molecular formula is C16H18BrFN2. The lowest BCUT2D eigenvalue weighted by atomic mass is 10.1. The normalized spacial score (nSPS) is 10.6. The van der Waals surface area contributed by atoms with Crippen molar-refractivity contribution in [2.75, 3.05) is 19.0 Å². The fourth-order valence-corrected chi connectivity index (χ4v) is 2.55. The molecule has 0 amide bonds. The summed E-state index contributed by atoms with van der Waals surface area (Å²) in [4.78, 5) is 2.07. The third-order valence-corrected chi connectivity index (χ3v) is 3.68. The number of rotatable bonds is 5. The molecular weight excluding hydrogens is 319 g/mol. The summed E-state index contributed by atoms with van der Waals surface area (Å²) in [5.41, 5.74) is 2.98. The number of nitrogens with one attached hydrogen (secondary N) is 1. The van der Waals surface area contributed by atoms with E-state index in [1.165, 1.54) is 11.6 Å². The minimum absolute atomic E-state index is 0.162. The predicted molar refractivity (Wildman–Crippen MR) is 85.4 cm³/mol. The maximum absolute atomic E-state index is 13.7. The van der Waals surface area contributed by atoms with Crippen LogP contribution in [0.5, 0.6) is 0 Å². The molecule has 2 nitrogen and oxygen atoms in total. The van der Waals surface area contributed by atoms with Gasteiger partial charge < -0.3 is 10.2 Å². The first-order chi connectivity index (χ1) is 9.61. The molecule has 0 unspecified atom stereocenters. The molecule has 0 saturated carbocycles. The van der Waals surface area contributed by atoms with Crippen molar-refractivity contribution in [3.63, 3.8) is 0 Å². The predicted octanol–water partition coefficient (Wildman–Crippen LogP) is 3.94. The average molecular weight is 337 g/mol. The number of hydrogen-bond donors (Lipinski definition) is 1. The molecule has 0 aromatic heterocycles. The number of nitrogens with zero attached hydrogens (tertiary/aromatic N) is 1. The summed E-state index contributed by atoms with van der Waals surface area (Å²) in [6.45, 7) is 1.32. The van der Waals surface area contributed by atoms with E-state index in [-0.39, 0.29) is 5.82 Å². The summed E-state index contributed by atoms with van der Waals surface area (Å²) >= 11 is 3.49. The molecule has 0 spiro atoms. The van der Waals surface area contributed by atoms with Crippen LogP contribution >= 0.6 is 15.9 Å². The van der Waals surface area contributed by atoms with E-state index in [1.54, 1.807) is 6.07 Å². The van der Waals surface area contributed by atoms with E-state index in [1.807, 2.05) is 32.3 Å². The Kier molecular flexibility index (Phi) is 5.15. The molecule has 0 aliphatic carbocycles. The second-order valence-electron chi connectivity index (χ2n) is 4.75. The van der Waals surface area contributed by atoms with Crippen LogP contribution in [0.4, 0.5) is 10.1 Å². The van der Waals surface area contributed by atoms with Gasteiger partial charge in [-0.1, -0.05) is 40.2 Å². The van der Waals surface area contributed by atoms with Crippen LogP contribution in [-0.4, -0.2) is 14.1 Å². The van der Waals surface area contributed by atoms with Gasteiger partial charge in [-0.3, -0.25) is 0 Å². The molecule has 4 heteroatoms. The van der Waals surface area contributed by atoms with Gasteiger partial charge in [0.25, 0.3) is 0 Å². The molecule has 2 aromatic rings. The van der Waals surface area contributed by atoms with Gasteiger partial charge >= 0.3 is 0 Å². The molecule has 2 aromatic carbocycles. The largest absolute Gasteiger partial charge is 0.370 e. The molecule has 0 fully saturated rings. The van der Waals surface area contributed by atoms with Crippen LogP contribution in [0, 0.1) is 5.82 Å². The molecule has 2 rings (SSSR count). The van der Waals surface area contributed by atoms with Crippen LogP contribution in [0.3, 0.4) is 0 Å². The SMILES string of the molecule is CNCc1ccc(Br)cc1N(C)Cc1ccccc1F. The second kappa shape index (κ2) is 6.86. The van der Waals surface area contributed by atoms with Gasteiger partial charge in [-0.05, 0) is 30.8 Å². The van der Waals surface area contributed by atoms with E-state index in [2.05, 4.69) is 38.3 Å². The molecule has 106 valence electrons. The first-order valence-corrected chi connectivity index (χ1v) is 7.28. The Labute approximate surface area is 127 Å². The fraction of sp³-hybridized carbons (Fsp3) is 0.250. The molecule has 0 bridgehead atoms. The number of anilines is 1. The average Bonchev–Trinajstić information content (AvgIpc) is 2.43. The van der Waals surface area contributed by atoms with Gasteiger partial charge in [-0.25, -0.2) is 4.39 Å². The maximum Gasteiger partial charge on any atom is 0.128 e. The molecule has 0 saturated heterocycles. The van der Waals surface area contributed by atoms with Gasteiger partial charge in [0.2, 0.25) is 0 Å². The van der Waals surface area contributed by atoms with E-state index < -0.39 is 0 Å². The van der Waals surface area contributed by atoms with Gasteiger partial charge in [0.05, 0.1) is 0 Å². The third-order valence-electron chi connectivity index (χ3n) is 3.19. The Bertz CT molecular complexity index is 586. The Hall–Kier alpha value is -1.39. The third kappa shape index (κ3) is 3.58. The van der Waals surface area contributed by atoms with Gasteiger partial charge in [0.15, 0.2) is 0 Å². The standard InChI is InChI=1S/C16H18BrFN2/c1-19-10-12-7-8-14(17)9-16(12)20(2)11-13-5-3-4-6-15(13)18/h3-9,19H,10-11H2,1-2H3. The van der Waals surface area contributed by atoms with Crippen molar-refractivity contribution in [1.82, 2.24) is 5.32 Å². The van der Waals surface area contributed by atoms with Crippen molar-refractivity contribution in [2.24, 2.45) is 0 Å². The zero-order valence-corrected chi connectivity index (χ0v) is 13.2. The highest BCUT2D eigenvalue weighted by Crippen LogP contribution is 2.26. The van der Waals surface area contributed by atoms with E-state index in [4.69, 9.17) is 0 Å². The van der Waals surface area contributed by atoms with Crippen molar-refractivity contribution in [3.8, 4) is 0 Å². The first kappa shape index (κ1) is 15.0. The van der Waals surface area contributed by atoms with Crippen molar-refractivity contribution in [2.45, 2.75) is 13.1 Å². The molecule has 20 heavy (non-hydrogen) atoms. The molecule has 0 aliphatic heterocycles. The summed E-state index contributed by atoms with van der Waals surface area (Å²) in [5.74, 6) is -0.162. The van der Waals surface area contributed by atoms with E-state index >= 15 is 0 Å². The first-order valence-electron chi connectivity index (χ1n) is 6.49. The van der Waals surface area contributed by atoms with Crippen molar-refractivity contribution in [3.05, 3.63) is 63.9 Å². The lowest BCUT2D eigenvalue weighted by molar-refractivity contribution is 0.607. The Balaban J connectivity index is 2.26. The number of benzene rings is 2. The van der Waals surface area contributed by atoms with Crippen LogP contribution in [0.15, 0.2) is 46.9 Å². The van der Waals surface area contributed by atoms with Gasteiger partial charge in [0, 0.05) is 35.9 Å². The van der Waals surface area contributed by atoms with Gasteiger partial charge in [-0.2, -0.15) is 0 Å². The van der Waals surface area contributed by atoms with E-state index in [9.17, 15) is 4.39 Å². The lowest BCUT2D eigenvalue weighted by Gasteiger charge is -2.23. The fourth-order valence-electron chi connectivity index (χ4n) is 2.20. The highest BCUT2D eigenvalue weighted by atomic mass is 79.9. The van der Waals surface area contributed by atoms with Crippen LogP contribution in [0.2, 0.25) is 0 Å². The zero-order valence-electron chi connectivity index (χ0n) is 11.7.